The molecule has 1 aromatic heterocycles. The molecule has 1 amide bonds. The maximum absolute atomic E-state index is 12.1. The van der Waals surface area contributed by atoms with Gasteiger partial charge in [-0.15, -0.1) is 0 Å². The number of rotatable bonds is 9. The predicted octanol–water partition coefficient (Wildman–Crippen LogP) is 2.56. The van der Waals surface area contributed by atoms with E-state index in [0.29, 0.717) is 60.5 Å². The molecule has 8 nitrogen and oxygen atoms in total. The van der Waals surface area contributed by atoms with E-state index >= 15 is 0 Å². The van der Waals surface area contributed by atoms with Gasteiger partial charge in [0.15, 0.2) is 11.5 Å². The van der Waals surface area contributed by atoms with Gasteiger partial charge >= 0.3 is 0 Å². The zero-order chi connectivity index (χ0) is 19.1. The minimum atomic E-state index is 0.0718. The van der Waals surface area contributed by atoms with E-state index in [1.807, 2.05) is 13.8 Å². The number of carbonyl (C=O) groups is 1. The highest BCUT2D eigenvalue weighted by atomic mass is 16.5. The first-order chi connectivity index (χ1) is 12.6. The zero-order valence-corrected chi connectivity index (χ0v) is 15.9. The Balaban J connectivity index is 2.18. The van der Waals surface area contributed by atoms with Gasteiger partial charge in [0.1, 0.15) is 0 Å². The normalized spacial score (nSPS) is 10.5. The lowest BCUT2D eigenvalue weighted by Gasteiger charge is -2.17. The Bertz CT molecular complexity index is 715. The second-order valence-electron chi connectivity index (χ2n) is 5.49. The molecule has 0 bridgehead atoms. The highest BCUT2D eigenvalue weighted by molar-refractivity contribution is 5.76. The van der Waals surface area contributed by atoms with Crippen molar-refractivity contribution in [1.82, 2.24) is 15.0 Å². The lowest BCUT2D eigenvalue weighted by Crippen LogP contribution is -2.30. The van der Waals surface area contributed by atoms with Crippen LogP contribution in [0.25, 0.3) is 11.4 Å². The number of hydrogen-bond donors (Lipinski definition) is 0. The second kappa shape index (κ2) is 9.07. The first kappa shape index (κ1) is 19.6. The third-order valence-corrected chi connectivity index (χ3v) is 4.06. The summed E-state index contributed by atoms with van der Waals surface area (Å²) in [4.78, 5) is 18.2. The fraction of sp³-hybridized carbons (Fsp3) is 0.500. The van der Waals surface area contributed by atoms with Crippen molar-refractivity contribution < 1.29 is 23.5 Å². The number of aryl methyl sites for hydroxylation is 1. The Morgan fingerprint density at radius 2 is 1.69 bits per heavy atom. The number of methoxy groups -OCH3 is 3. The summed E-state index contributed by atoms with van der Waals surface area (Å²) in [6.07, 6.45) is 0.728. The Kier molecular flexibility index (Phi) is 6.82. The summed E-state index contributed by atoms with van der Waals surface area (Å²) in [5.74, 6) is 2.38. The van der Waals surface area contributed by atoms with Gasteiger partial charge in [0.25, 0.3) is 0 Å². The van der Waals surface area contributed by atoms with Crippen molar-refractivity contribution in [1.29, 1.82) is 0 Å². The van der Waals surface area contributed by atoms with Crippen LogP contribution in [-0.2, 0) is 11.2 Å². The van der Waals surface area contributed by atoms with Crippen LogP contribution in [0.5, 0.6) is 17.2 Å². The lowest BCUT2D eigenvalue weighted by molar-refractivity contribution is -0.130. The van der Waals surface area contributed by atoms with Crippen LogP contribution in [0.1, 0.15) is 26.2 Å². The van der Waals surface area contributed by atoms with E-state index in [4.69, 9.17) is 18.7 Å². The van der Waals surface area contributed by atoms with Crippen LogP contribution in [0.2, 0.25) is 0 Å². The summed E-state index contributed by atoms with van der Waals surface area (Å²) in [5.41, 5.74) is 0.671. The molecular weight excluding hydrogens is 338 g/mol. The number of nitrogens with zero attached hydrogens (tertiary/aromatic N) is 3. The van der Waals surface area contributed by atoms with E-state index in [0.717, 1.165) is 0 Å². The average Bonchev–Trinajstić information content (AvgIpc) is 3.15. The Morgan fingerprint density at radius 1 is 1.08 bits per heavy atom. The number of hydrogen-bond acceptors (Lipinski definition) is 7. The number of carbonyl (C=O) groups excluding carboxylic acids is 1. The standard InChI is InChI=1S/C18H25N3O5/c1-6-21(7-2)16(22)9-8-15-19-18(20-26-15)12-10-13(23-3)17(25-5)14(11-12)24-4/h10-11H,6-9H2,1-5H3. The van der Waals surface area contributed by atoms with Crippen LogP contribution >= 0.6 is 0 Å². The molecule has 2 rings (SSSR count). The molecule has 1 aromatic carbocycles. The van der Waals surface area contributed by atoms with Gasteiger partial charge in [0.05, 0.1) is 21.3 Å². The van der Waals surface area contributed by atoms with Crippen LogP contribution in [0.3, 0.4) is 0 Å². The van der Waals surface area contributed by atoms with E-state index in [-0.39, 0.29) is 5.91 Å². The van der Waals surface area contributed by atoms with Crippen LogP contribution < -0.4 is 14.2 Å². The van der Waals surface area contributed by atoms with Crippen molar-refractivity contribution in [3.05, 3.63) is 18.0 Å². The highest BCUT2D eigenvalue weighted by Gasteiger charge is 2.18. The van der Waals surface area contributed by atoms with E-state index in [1.165, 1.54) is 0 Å². The molecule has 2 aromatic rings. The summed E-state index contributed by atoms with van der Waals surface area (Å²) in [7, 11) is 4.63. The molecule has 0 fully saturated rings. The summed E-state index contributed by atoms with van der Waals surface area (Å²) in [5, 5.41) is 3.99. The summed E-state index contributed by atoms with van der Waals surface area (Å²) in [6, 6.07) is 3.49. The van der Waals surface area contributed by atoms with E-state index in [9.17, 15) is 4.79 Å². The van der Waals surface area contributed by atoms with Gasteiger partial charge in [0.2, 0.25) is 23.4 Å². The predicted molar refractivity (Wildman–Crippen MR) is 95.6 cm³/mol. The zero-order valence-electron chi connectivity index (χ0n) is 15.9. The number of amides is 1. The second-order valence-corrected chi connectivity index (χ2v) is 5.49. The molecule has 0 N–H and O–H groups in total. The number of ether oxygens (including phenoxy) is 3. The molecule has 0 unspecified atom stereocenters. The lowest BCUT2D eigenvalue weighted by atomic mass is 10.1. The smallest absolute Gasteiger partial charge is 0.227 e. The third-order valence-electron chi connectivity index (χ3n) is 4.06. The molecule has 0 spiro atoms. The molecule has 0 radical (unpaired) electrons. The summed E-state index contributed by atoms with van der Waals surface area (Å²) in [6.45, 7) is 5.29. The van der Waals surface area contributed by atoms with E-state index in [1.54, 1.807) is 38.4 Å². The number of aromatic nitrogens is 2. The van der Waals surface area contributed by atoms with Gasteiger partial charge in [-0.05, 0) is 26.0 Å². The number of benzene rings is 1. The van der Waals surface area contributed by atoms with Gasteiger partial charge in [-0.1, -0.05) is 5.16 Å². The molecule has 0 atom stereocenters. The topological polar surface area (TPSA) is 86.9 Å². The first-order valence-electron chi connectivity index (χ1n) is 8.48. The van der Waals surface area contributed by atoms with Gasteiger partial charge < -0.3 is 23.6 Å². The SMILES string of the molecule is CCN(CC)C(=O)CCc1nc(-c2cc(OC)c(OC)c(OC)c2)no1. The summed E-state index contributed by atoms with van der Waals surface area (Å²) >= 11 is 0. The van der Waals surface area contributed by atoms with Gasteiger partial charge in [-0.25, -0.2) is 0 Å². The van der Waals surface area contributed by atoms with Crippen LogP contribution in [0.15, 0.2) is 16.7 Å². The van der Waals surface area contributed by atoms with Crippen LogP contribution in [0.4, 0.5) is 0 Å². The Labute approximate surface area is 153 Å². The van der Waals surface area contributed by atoms with Gasteiger partial charge in [-0.2, -0.15) is 4.98 Å². The molecule has 0 aliphatic rings. The maximum Gasteiger partial charge on any atom is 0.227 e. The Hall–Kier alpha value is -2.77. The monoisotopic (exact) mass is 363 g/mol. The van der Waals surface area contributed by atoms with Crippen molar-refractivity contribution >= 4 is 5.91 Å². The maximum atomic E-state index is 12.1. The highest BCUT2D eigenvalue weighted by Crippen LogP contribution is 2.40. The minimum Gasteiger partial charge on any atom is -0.493 e. The Morgan fingerprint density at radius 3 is 2.19 bits per heavy atom. The van der Waals surface area contributed by atoms with Crippen molar-refractivity contribution in [2.24, 2.45) is 0 Å². The van der Waals surface area contributed by atoms with Crippen molar-refractivity contribution in [2.75, 3.05) is 34.4 Å². The van der Waals surface area contributed by atoms with Crippen molar-refractivity contribution in [2.45, 2.75) is 26.7 Å². The fourth-order valence-corrected chi connectivity index (χ4v) is 2.63. The molecule has 0 saturated carbocycles. The van der Waals surface area contributed by atoms with Gasteiger partial charge in [-0.3, -0.25) is 4.79 Å². The summed E-state index contributed by atoms with van der Waals surface area (Å²) < 4.78 is 21.3. The largest absolute Gasteiger partial charge is 0.493 e. The molecule has 8 heteroatoms. The first-order valence-corrected chi connectivity index (χ1v) is 8.48. The molecular formula is C18H25N3O5. The van der Waals surface area contributed by atoms with E-state index in [2.05, 4.69) is 10.1 Å². The fourth-order valence-electron chi connectivity index (χ4n) is 2.63. The molecule has 142 valence electrons. The molecule has 0 aliphatic carbocycles. The molecule has 26 heavy (non-hydrogen) atoms. The average molecular weight is 363 g/mol. The van der Waals surface area contributed by atoms with Crippen LogP contribution in [-0.4, -0.2) is 55.4 Å². The van der Waals surface area contributed by atoms with Crippen LogP contribution in [0, 0.1) is 0 Å². The molecule has 1 heterocycles. The third kappa shape index (κ3) is 4.25. The van der Waals surface area contributed by atoms with E-state index < -0.39 is 0 Å². The van der Waals surface area contributed by atoms with Crippen molar-refractivity contribution in [3.63, 3.8) is 0 Å². The van der Waals surface area contributed by atoms with Crippen molar-refractivity contribution in [3.8, 4) is 28.6 Å². The molecule has 0 saturated heterocycles. The van der Waals surface area contributed by atoms with Gasteiger partial charge in [0, 0.05) is 31.5 Å². The molecule has 0 aliphatic heterocycles. The quantitative estimate of drug-likeness (QED) is 0.676. The minimum absolute atomic E-state index is 0.0718.